The Hall–Kier alpha value is -4.10. The van der Waals surface area contributed by atoms with E-state index < -0.39 is 26.5 Å². The van der Waals surface area contributed by atoms with E-state index in [4.69, 9.17) is 0 Å². The molecule has 0 radical (unpaired) electrons. The molecule has 1 heterocycles. The molecule has 1 aliphatic heterocycles. The average molecular weight is 708 g/mol. The van der Waals surface area contributed by atoms with Crippen LogP contribution in [0, 0.1) is 15.5 Å². The second-order valence-corrected chi connectivity index (χ2v) is 15.8. The number of nitrogens with one attached hydrogen (secondary N) is 3. The largest absolute Gasteiger partial charge is 0.376 e. The zero-order chi connectivity index (χ0) is 34.9. The summed E-state index contributed by atoms with van der Waals surface area (Å²) in [4.78, 5) is 38.7. The minimum Gasteiger partial charge on any atom is -0.376 e. The van der Waals surface area contributed by atoms with E-state index in [2.05, 4.69) is 20.3 Å². The summed E-state index contributed by atoms with van der Waals surface area (Å²) in [5.41, 5.74) is 1.45. The zero-order valence-corrected chi connectivity index (χ0v) is 29.5. The number of hydrogen-bond donors (Lipinski definition) is 3. The fourth-order valence-electron chi connectivity index (χ4n) is 6.79. The Labute approximate surface area is 292 Å². The molecule has 3 N–H and O–H groups in total. The molecule has 262 valence electrons. The predicted octanol–water partition coefficient (Wildman–Crippen LogP) is 6.75. The molecule has 1 aliphatic carbocycles. The van der Waals surface area contributed by atoms with Crippen molar-refractivity contribution in [2.24, 2.45) is 5.41 Å². The molecule has 49 heavy (non-hydrogen) atoms. The van der Waals surface area contributed by atoms with Gasteiger partial charge in [0.15, 0.2) is 0 Å². The second-order valence-electron chi connectivity index (χ2n) is 13.1. The lowest BCUT2D eigenvalue weighted by Crippen LogP contribution is -2.38. The fourth-order valence-corrected chi connectivity index (χ4v) is 8.78. The van der Waals surface area contributed by atoms with E-state index >= 15 is 0 Å². The molecule has 0 bridgehead atoms. The van der Waals surface area contributed by atoms with E-state index in [0.29, 0.717) is 24.1 Å². The summed E-state index contributed by atoms with van der Waals surface area (Å²) >= 11 is 1.61. The van der Waals surface area contributed by atoms with Crippen molar-refractivity contribution in [3.05, 3.63) is 88.5 Å². The normalized spacial score (nSPS) is 16.2. The number of nitro benzene ring substituents is 1. The van der Waals surface area contributed by atoms with Gasteiger partial charge in [0.2, 0.25) is 5.91 Å². The molecule has 2 fully saturated rings. The molecule has 1 atom stereocenters. The van der Waals surface area contributed by atoms with Crippen molar-refractivity contribution in [3.8, 4) is 0 Å². The molecule has 13 heteroatoms. The number of benzene rings is 3. The number of piperidine rings is 1. The van der Waals surface area contributed by atoms with Gasteiger partial charge in [-0.05, 0) is 98.9 Å². The Balaban J connectivity index is 1.23. The zero-order valence-electron chi connectivity index (χ0n) is 27.9. The predicted molar refractivity (Wildman–Crippen MR) is 194 cm³/mol. The highest BCUT2D eigenvalue weighted by Gasteiger charge is 2.37. The molecule has 11 nitrogen and oxygen atoms in total. The molecule has 3 aromatic rings. The summed E-state index contributed by atoms with van der Waals surface area (Å²) in [5.74, 6) is -0.301. The maximum atomic E-state index is 13.3. The van der Waals surface area contributed by atoms with Crippen molar-refractivity contribution >= 4 is 50.7 Å². The average Bonchev–Trinajstić information content (AvgIpc) is 3.55. The molecular weight excluding hydrogens is 663 g/mol. The van der Waals surface area contributed by atoms with E-state index in [1.165, 1.54) is 57.6 Å². The quantitative estimate of drug-likeness (QED) is 0.0674. The first-order chi connectivity index (χ1) is 23.5. The number of hydrogen-bond acceptors (Lipinski definition) is 9. The van der Waals surface area contributed by atoms with Crippen molar-refractivity contribution in [3.63, 3.8) is 0 Å². The van der Waals surface area contributed by atoms with Gasteiger partial charge in [0.25, 0.3) is 21.6 Å². The standard InChI is InChI=1S/C36H45N5O6S2/c1-27(42)37-22-8-5-9-29(26-48-31-10-3-2-4-11-31)38-33-17-16-32(25-34(33)41(44)45)49(46,47)39-35(43)28-12-14-30(15-13-28)40-23-20-36(21-24-40)18-6-7-19-36/h2-4,10-17,25,29,38H,5-9,18-24,26H2,1H3,(H,37,42)(H,39,43). The molecule has 2 amide bonds. The highest BCUT2D eigenvalue weighted by atomic mass is 32.2. The highest BCUT2D eigenvalue weighted by molar-refractivity contribution is 7.99. The van der Waals surface area contributed by atoms with Crippen LogP contribution in [-0.4, -0.2) is 56.6 Å². The molecule has 5 rings (SSSR count). The van der Waals surface area contributed by atoms with E-state index in [1.807, 2.05) is 42.5 Å². The van der Waals surface area contributed by atoms with E-state index in [9.17, 15) is 28.1 Å². The summed E-state index contributed by atoms with van der Waals surface area (Å²) in [7, 11) is -4.41. The number of nitro groups is 1. The fraction of sp³-hybridized carbons (Fsp3) is 0.444. The number of carbonyl (C=O) groups excluding carboxylic acids is 2. The van der Waals surface area contributed by atoms with Crippen LogP contribution in [0.1, 0.15) is 75.1 Å². The maximum Gasteiger partial charge on any atom is 0.293 e. The maximum absolute atomic E-state index is 13.3. The van der Waals surface area contributed by atoms with Crippen LogP contribution < -0.4 is 20.3 Å². The minimum absolute atomic E-state index is 0.0985. The summed E-state index contributed by atoms with van der Waals surface area (Å²) in [6.07, 6.45) is 9.78. The van der Waals surface area contributed by atoms with Gasteiger partial charge in [0.05, 0.1) is 9.82 Å². The number of amides is 2. The van der Waals surface area contributed by atoms with Crippen LogP contribution in [0.25, 0.3) is 0 Å². The molecular formula is C36H45N5O6S2. The van der Waals surface area contributed by atoms with Gasteiger partial charge in [-0.3, -0.25) is 19.7 Å². The Morgan fingerprint density at radius 3 is 2.31 bits per heavy atom. The van der Waals surface area contributed by atoms with Gasteiger partial charge in [-0.25, -0.2) is 13.1 Å². The first kappa shape index (κ1) is 36.2. The summed E-state index contributed by atoms with van der Waals surface area (Å²) in [6, 6.07) is 20.1. The highest BCUT2D eigenvalue weighted by Crippen LogP contribution is 2.46. The number of sulfonamides is 1. The van der Waals surface area contributed by atoms with Crippen LogP contribution in [0.5, 0.6) is 0 Å². The van der Waals surface area contributed by atoms with Crippen molar-refractivity contribution in [2.45, 2.75) is 80.5 Å². The number of carbonyl (C=O) groups is 2. The lowest BCUT2D eigenvalue weighted by molar-refractivity contribution is -0.384. The summed E-state index contributed by atoms with van der Waals surface area (Å²) in [6.45, 7) is 3.94. The number of thioether (sulfide) groups is 1. The van der Waals surface area contributed by atoms with Crippen LogP contribution in [0.2, 0.25) is 0 Å². The Kier molecular flexibility index (Phi) is 12.2. The number of rotatable bonds is 15. The SMILES string of the molecule is CC(=O)NCCCCC(CSc1ccccc1)Nc1ccc(S(=O)(=O)NC(=O)c2ccc(N3CCC4(CCCC4)CC3)cc2)cc1[N+](=O)[O-]. The third-order valence-corrected chi connectivity index (χ3v) is 12.1. The number of anilines is 2. The van der Waals surface area contributed by atoms with Gasteiger partial charge in [0, 0.05) is 60.6 Å². The minimum atomic E-state index is -4.41. The lowest BCUT2D eigenvalue weighted by atomic mass is 9.77. The third-order valence-electron chi connectivity index (χ3n) is 9.59. The first-order valence-corrected chi connectivity index (χ1v) is 19.4. The van der Waals surface area contributed by atoms with Crippen LogP contribution in [0.4, 0.5) is 17.1 Å². The Morgan fingerprint density at radius 1 is 0.959 bits per heavy atom. The lowest BCUT2D eigenvalue weighted by Gasteiger charge is -2.40. The molecule has 1 unspecified atom stereocenters. The van der Waals surface area contributed by atoms with Crippen molar-refractivity contribution < 1.29 is 22.9 Å². The van der Waals surface area contributed by atoms with Gasteiger partial charge >= 0.3 is 0 Å². The Bertz CT molecular complexity index is 1700. The Morgan fingerprint density at radius 2 is 1.65 bits per heavy atom. The van der Waals surface area contributed by atoms with Gasteiger partial charge in [-0.15, -0.1) is 11.8 Å². The second kappa shape index (κ2) is 16.5. The van der Waals surface area contributed by atoms with Crippen LogP contribution in [0.3, 0.4) is 0 Å². The molecule has 3 aromatic carbocycles. The van der Waals surface area contributed by atoms with E-state index in [1.54, 1.807) is 23.9 Å². The van der Waals surface area contributed by atoms with Gasteiger partial charge in [-0.1, -0.05) is 31.0 Å². The smallest absolute Gasteiger partial charge is 0.293 e. The van der Waals surface area contributed by atoms with Crippen LogP contribution >= 0.6 is 11.8 Å². The van der Waals surface area contributed by atoms with Gasteiger partial charge in [-0.2, -0.15) is 0 Å². The van der Waals surface area contributed by atoms with Crippen LogP contribution in [-0.2, 0) is 14.8 Å². The van der Waals surface area contributed by atoms with E-state index in [0.717, 1.165) is 42.6 Å². The van der Waals surface area contributed by atoms with Gasteiger partial charge < -0.3 is 15.5 Å². The van der Waals surface area contributed by atoms with Crippen molar-refractivity contribution in [1.82, 2.24) is 10.0 Å². The van der Waals surface area contributed by atoms with Crippen LogP contribution in [0.15, 0.2) is 82.6 Å². The summed E-state index contributed by atoms with van der Waals surface area (Å²) in [5, 5.41) is 18.2. The van der Waals surface area contributed by atoms with Gasteiger partial charge in [0.1, 0.15) is 5.69 Å². The molecule has 1 saturated carbocycles. The molecule has 1 spiro atoms. The van der Waals surface area contributed by atoms with Crippen molar-refractivity contribution in [1.29, 1.82) is 0 Å². The number of nitrogens with zero attached hydrogens (tertiary/aromatic N) is 2. The molecule has 2 aliphatic rings. The molecule has 1 saturated heterocycles. The van der Waals surface area contributed by atoms with Crippen molar-refractivity contribution in [2.75, 3.05) is 35.6 Å². The first-order valence-electron chi connectivity index (χ1n) is 16.9. The topological polar surface area (TPSA) is 151 Å². The van der Waals surface area contributed by atoms with E-state index in [-0.39, 0.29) is 28.1 Å². The number of unbranched alkanes of at least 4 members (excludes halogenated alkanes) is 1. The third kappa shape index (κ3) is 9.98. The summed E-state index contributed by atoms with van der Waals surface area (Å²) < 4.78 is 28.6. The monoisotopic (exact) mass is 707 g/mol. The molecule has 0 aromatic heterocycles.